The van der Waals surface area contributed by atoms with Gasteiger partial charge in [0.1, 0.15) is 11.9 Å². The summed E-state index contributed by atoms with van der Waals surface area (Å²) in [5, 5.41) is 10.1. The molecule has 1 heterocycles. The molecule has 0 bridgehead atoms. The first-order chi connectivity index (χ1) is 13.7. The van der Waals surface area contributed by atoms with E-state index in [9.17, 15) is 9.59 Å². The fraction of sp³-hybridized carbons (Fsp3) is 0.286. The van der Waals surface area contributed by atoms with Crippen LogP contribution in [-0.2, 0) is 9.59 Å². The van der Waals surface area contributed by atoms with Crippen LogP contribution in [-0.4, -0.2) is 29.3 Å². The molecule has 0 saturated carbocycles. The quantitative estimate of drug-likeness (QED) is 0.484. The maximum Gasteiger partial charge on any atom is 0.247 e. The van der Waals surface area contributed by atoms with E-state index in [4.69, 9.17) is 0 Å². The number of hydrogen-bond acceptors (Lipinski definition) is 5. The molecule has 0 aliphatic rings. The van der Waals surface area contributed by atoms with Crippen molar-refractivity contribution in [2.45, 2.75) is 25.8 Å². The van der Waals surface area contributed by atoms with Crippen molar-refractivity contribution in [1.29, 1.82) is 0 Å². The van der Waals surface area contributed by atoms with Gasteiger partial charge < -0.3 is 16.0 Å². The Bertz CT molecular complexity index is 926. The summed E-state index contributed by atoms with van der Waals surface area (Å²) < 4.78 is 5.54. The minimum absolute atomic E-state index is 0.126. The number of hydrogen-bond donors (Lipinski definition) is 3. The van der Waals surface area contributed by atoms with Gasteiger partial charge >= 0.3 is 0 Å². The summed E-state index contributed by atoms with van der Waals surface area (Å²) in [6, 6.07) is 16.6. The number of amides is 2. The standard InChI is InChI=1S/C21H24N4O2S/c1-2-8-18(26)24-19(15-9-4-3-5-10-15)21(27)23-14-13-22-20-16-11-6-7-12-17(16)28-25-20/h3-7,9-12,19H,2,8,13-14H2,1H3,(H,22,25)(H,23,27)(H,24,26)/t19-/m0/s1. The lowest BCUT2D eigenvalue weighted by Crippen LogP contribution is -2.41. The van der Waals surface area contributed by atoms with Gasteiger partial charge in [-0.3, -0.25) is 9.59 Å². The van der Waals surface area contributed by atoms with Crippen molar-refractivity contribution >= 4 is 39.3 Å². The van der Waals surface area contributed by atoms with Crippen molar-refractivity contribution in [2.24, 2.45) is 0 Å². The average molecular weight is 397 g/mol. The molecule has 0 saturated heterocycles. The first kappa shape index (κ1) is 19.8. The summed E-state index contributed by atoms with van der Waals surface area (Å²) >= 11 is 1.44. The van der Waals surface area contributed by atoms with Crippen LogP contribution in [0.5, 0.6) is 0 Å². The minimum atomic E-state index is -0.694. The maximum absolute atomic E-state index is 12.7. The number of carbonyl (C=O) groups is 2. The summed E-state index contributed by atoms with van der Waals surface area (Å²) in [4.78, 5) is 24.7. The zero-order valence-corrected chi connectivity index (χ0v) is 16.6. The molecule has 1 atom stereocenters. The highest BCUT2D eigenvalue weighted by Gasteiger charge is 2.21. The monoisotopic (exact) mass is 396 g/mol. The van der Waals surface area contributed by atoms with Crippen molar-refractivity contribution in [3.63, 3.8) is 0 Å². The molecular formula is C21H24N4O2S. The first-order valence-corrected chi connectivity index (χ1v) is 10.2. The van der Waals surface area contributed by atoms with Crippen LogP contribution in [0.2, 0.25) is 0 Å². The molecule has 3 aromatic rings. The van der Waals surface area contributed by atoms with Gasteiger partial charge in [-0.25, -0.2) is 0 Å². The molecule has 0 spiro atoms. The number of nitrogens with zero attached hydrogens (tertiary/aromatic N) is 1. The third-order valence-corrected chi connectivity index (χ3v) is 5.10. The first-order valence-electron chi connectivity index (χ1n) is 9.39. The van der Waals surface area contributed by atoms with E-state index < -0.39 is 6.04 Å². The van der Waals surface area contributed by atoms with Crippen molar-refractivity contribution in [3.05, 3.63) is 60.2 Å². The smallest absolute Gasteiger partial charge is 0.247 e. The fourth-order valence-electron chi connectivity index (χ4n) is 2.89. The van der Waals surface area contributed by atoms with Gasteiger partial charge in [0.25, 0.3) is 0 Å². The summed E-state index contributed by atoms with van der Waals surface area (Å²) in [7, 11) is 0. The minimum Gasteiger partial charge on any atom is -0.367 e. The molecule has 0 aliphatic heterocycles. The predicted molar refractivity (Wildman–Crippen MR) is 113 cm³/mol. The number of anilines is 1. The molecule has 3 rings (SSSR count). The molecule has 0 fully saturated rings. The molecule has 3 N–H and O–H groups in total. The Labute approximate surface area is 168 Å². The molecule has 28 heavy (non-hydrogen) atoms. The third-order valence-electron chi connectivity index (χ3n) is 4.27. The topological polar surface area (TPSA) is 83.1 Å². The van der Waals surface area contributed by atoms with Crippen molar-refractivity contribution in [1.82, 2.24) is 15.0 Å². The molecule has 7 heteroatoms. The highest BCUT2D eigenvalue weighted by atomic mass is 32.1. The second kappa shape index (κ2) is 9.85. The fourth-order valence-corrected chi connectivity index (χ4v) is 3.64. The Balaban J connectivity index is 1.56. The Morgan fingerprint density at radius 3 is 2.57 bits per heavy atom. The van der Waals surface area contributed by atoms with E-state index in [1.165, 1.54) is 11.5 Å². The van der Waals surface area contributed by atoms with Gasteiger partial charge in [0.2, 0.25) is 11.8 Å². The van der Waals surface area contributed by atoms with Gasteiger partial charge in [0, 0.05) is 24.9 Å². The van der Waals surface area contributed by atoms with E-state index in [2.05, 4.69) is 20.3 Å². The second-order valence-electron chi connectivity index (χ2n) is 6.41. The van der Waals surface area contributed by atoms with Crippen molar-refractivity contribution in [3.8, 4) is 0 Å². The van der Waals surface area contributed by atoms with E-state index in [0.717, 1.165) is 27.9 Å². The van der Waals surface area contributed by atoms with Crippen LogP contribution in [0, 0.1) is 0 Å². The molecule has 146 valence electrons. The predicted octanol–water partition coefficient (Wildman–Crippen LogP) is 3.48. The lowest BCUT2D eigenvalue weighted by atomic mass is 10.1. The van der Waals surface area contributed by atoms with E-state index in [1.54, 1.807) is 0 Å². The van der Waals surface area contributed by atoms with Gasteiger partial charge in [-0.05, 0) is 35.6 Å². The Kier molecular flexibility index (Phi) is 6.97. The van der Waals surface area contributed by atoms with Gasteiger partial charge in [0.15, 0.2) is 0 Å². The number of carbonyl (C=O) groups excluding carboxylic acids is 2. The Morgan fingerprint density at radius 2 is 1.79 bits per heavy atom. The summed E-state index contributed by atoms with van der Waals surface area (Å²) in [5.41, 5.74) is 0.767. The molecular weight excluding hydrogens is 372 g/mol. The van der Waals surface area contributed by atoms with E-state index in [-0.39, 0.29) is 11.8 Å². The highest BCUT2D eigenvalue weighted by Crippen LogP contribution is 2.25. The number of fused-ring (bicyclic) bond motifs is 1. The lowest BCUT2D eigenvalue weighted by Gasteiger charge is -2.19. The van der Waals surface area contributed by atoms with Crippen molar-refractivity contribution in [2.75, 3.05) is 18.4 Å². The number of rotatable bonds is 9. The largest absolute Gasteiger partial charge is 0.367 e. The van der Waals surface area contributed by atoms with Crippen molar-refractivity contribution < 1.29 is 9.59 Å². The lowest BCUT2D eigenvalue weighted by molar-refractivity contribution is -0.129. The highest BCUT2D eigenvalue weighted by molar-refractivity contribution is 7.13. The van der Waals surface area contributed by atoms with Crippen LogP contribution < -0.4 is 16.0 Å². The molecule has 6 nitrogen and oxygen atoms in total. The number of benzene rings is 2. The summed E-state index contributed by atoms with van der Waals surface area (Å²) in [6.45, 7) is 2.91. The molecule has 0 aliphatic carbocycles. The van der Waals surface area contributed by atoms with Crippen LogP contribution in [0.3, 0.4) is 0 Å². The number of nitrogens with one attached hydrogen (secondary N) is 3. The average Bonchev–Trinajstić information content (AvgIpc) is 3.13. The third kappa shape index (κ3) is 5.07. The van der Waals surface area contributed by atoms with E-state index >= 15 is 0 Å². The number of aromatic nitrogens is 1. The zero-order valence-electron chi connectivity index (χ0n) is 15.8. The molecule has 1 aromatic heterocycles. The van der Waals surface area contributed by atoms with Crippen LogP contribution in [0.1, 0.15) is 31.4 Å². The summed E-state index contributed by atoms with van der Waals surface area (Å²) in [6.07, 6.45) is 1.13. The molecule has 2 amide bonds. The van der Waals surface area contributed by atoms with Crippen LogP contribution in [0.15, 0.2) is 54.6 Å². The van der Waals surface area contributed by atoms with Gasteiger partial charge in [-0.1, -0.05) is 49.4 Å². The van der Waals surface area contributed by atoms with Crippen LogP contribution in [0.4, 0.5) is 5.82 Å². The van der Waals surface area contributed by atoms with Gasteiger partial charge in [0.05, 0.1) is 4.70 Å². The molecule has 0 unspecified atom stereocenters. The normalized spacial score (nSPS) is 11.8. The summed E-state index contributed by atoms with van der Waals surface area (Å²) in [5.74, 6) is 0.477. The van der Waals surface area contributed by atoms with Crippen LogP contribution in [0.25, 0.3) is 10.1 Å². The van der Waals surface area contributed by atoms with E-state index in [1.807, 2.05) is 61.5 Å². The molecule has 2 aromatic carbocycles. The van der Waals surface area contributed by atoms with Gasteiger partial charge in [-0.2, -0.15) is 4.37 Å². The van der Waals surface area contributed by atoms with Gasteiger partial charge in [-0.15, -0.1) is 0 Å². The second-order valence-corrected chi connectivity index (χ2v) is 7.21. The van der Waals surface area contributed by atoms with Crippen LogP contribution >= 0.6 is 11.5 Å². The Hall–Kier alpha value is -2.93. The maximum atomic E-state index is 12.7. The SMILES string of the molecule is CCCC(=O)N[C@H](C(=O)NCCNc1nsc2ccccc12)c1ccccc1. The molecule has 0 radical (unpaired) electrons. The van der Waals surface area contributed by atoms with E-state index in [0.29, 0.717) is 19.5 Å². The zero-order chi connectivity index (χ0) is 19.8. The Morgan fingerprint density at radius 1 is 1.04 bits per heavy atom.